The number of nitrogens with one attached hydrogen (secondary N) is 1. The highest BCUT2D eigenvalue weighted by molar-refractivity contribution is 6.05. The van der Waals surface area contributed by atoms with Gasteiger partial charge in [-0.25, -0.2) is 4.79 Å². The first-order valence-electron chi connectivity index (χ1n) is 5.67. The molecule has 0 saturated heterocycles. The lowest BCUT2D eigenvalue weighted by atomic mass is 10.1. The van der Waals surface area contributed by atoms with Crippen molar-refractivity contribution in [3.05, 3.63) is 35.7 Å². The number of rotatable bonds is 3. The van der Waals surface area contributed by atoms with Crippen molar-refractivity contribution < 1.29 is 14.3 Å². The summed E-state index contributed by atoms with van der Waals surface area (Å²) in [4.78, 5) is 23.4. The van der Waals surface area contributed by atoms with Crippen LogP contribution in [-0.4, -0.2) is 34.0 Å². The molecular weight excluding hydrogens is 262 g/mol. The zero-order chi connectivity index (χ0) is 14.7. The zero-order valence-electron chi connectivity index (χ0n) is 11.0. The second kappa shape index (κ2) is 5.39. The topological polar surface area (TPSA) is 112 Å². The number of methoxy groups -OCH3 is 1. The zero-order valence-corrected chi connectivity index (χ0v) is 11.0. The summed E-state index contributed by atoms with van der Waals surface area (Å²) in [5.74, 6) is -0.980. The van der Waals surface area contributed by atoms with Crippen molar-refractivity contribution in [3.63, 3.8) is 0 Å². The quantitative estimate of drug-likeness (QED) is 0.620. The molecule has 1 amide bonds. The van der Waals surface area contributed by atoms with E-state index in [0.717, 1.165) is 0 Å². The van der Waals surface area contributed by atoms with Gasteiger partial charge in [-0.15, -0.1) is 5.10 Å². The number of nitrogen functional groups attached to an aromatic ring is 1. The maximum Gasteiger partial charge on any atom is 0.337 e. The Morgan fingerprint density at radius 2 is 2.15 bits per heavy atom. The van der Waals surface area contributed by atoms with E-state index in [4.69, 9.17) is 5.73 Å². The van der Waals surface area contributed by atoms with Crippen molar-refractivity contribution in [2.24, 2.45) is 7.05 Å². The van der Waals surface area contributed by atoms with E-state index >= 15 is 0 Å². The number of carbonyl (C=O) groups is 2. The molecule has 104 valence electrons. The summed E-state index contributed by atoms with van der Waals surface area (Å²) in [7, 11) is 2.92. The third-order valence-corrected chi connectivity index (χ3v) is 2.56. The third kappa shape index (κ3) is 2.74. The molecule has 0 radical (unpaired) electrons. The number of nitrogens with zero attached hydrogens (tertiary/aromatic N) is 3. The van der Waals surface area contributed by atoms with Gasteiger partial charge in [0.1, 0.15) is 0 Å². The van der Waals surface area contributed by atoms with Gasteiger partial charge in [-0.3, -0.25) is 9.48 Å². The third-order valence-electron chi connectivity index (χ3n) is 2.56. The van der Waals surface area contributed by atoms with Gasteiger partial charge in [-0.05, 0) is 18.2 Å². The Kier molecular flexibility index (Phi) is 3.65. The van der Waals surface area contributed by atoms with Gasteiger partial charge in [-0.1, -0.05) is 5.21 Å². The Balaban J connectivity index is 2.24. The standard InChI is InChI=1S/C12H13N5O3/c1-17-6-10(15-16-17)11(18)14-9-5-7(12(19)20-2)3-4-8(9)13/h3-6H,13H2,1-2H3,(H,14,18). The maximum atomic E-state index is 11.9. The molecule has 1 aromatic heterocycles. The van der Waals surface area contributed by atoms with Crippen molar-refractivity contribution in [1.29, 1.82) is 0 Å². The first-order valence-corrected chi connectivity index (χ1v) is 5.67. The second-order valence-corrected chi connectivity index (χ2v) is 4.03. The van der Waals surface area contributed by atoms with Crippen LogP contribution in [0.1, 0.15) is 20.8 Å². The Morgan fingerprint density at radius 1 is 1.40 bits per heavy atom. The molecule has 0 fully saturated rings. The minimum atomic E-state index is -0.514. The molecule has 2 aromatic rings. The molecule has 0 aliphatic rings. The Hall–Kier alpha value is -2.90. The fourth-order valence-corrected chi connectivity index (χ4v) is 1.55. The first-order chi connectivity index (χ1) is 9.51. The highest BCUT2D eigenvalue weighted by atomic mass is 16.5. The number of aromatic nitrogens is 3. The number of ether oxygens (including phenoxy) is 1. The average molecular weight is 275 g/mol. The molecule has 0 spiro atoms. The van der Waals surface area contributed by atoms with Crippen LogP contribution in [0.4, 0.5) is 11.4 Å². The normalized spacial score (nSPS) is 10.1. The van der Waals surface area contributed by atoms with Crippen LogP contribution in [0.5, 0.6) is 0 Å². The molecule has 1 heterocycles. The lowest BCUT2D eigenvalue weighted by molar-refractivity contribution is 0.0600. The van der Waals surface area contributed by atoms with Crippen LogP contribution in [0.25, 0.3) is 0 Å². The van der Waals surface area contributed by atoms with E-state index in [-0.39, 0.29) is 11.3 Å². The van der Waals surface area contributed by atoms with Crippen LogP contribution in [0.15, 0.2) is 24.4 Å². The van der Waals surface area contributed by atoms with Crippen LogP contribution in [0.2, 0.25) is 0 Å². The van der Waals surface area contributed by atoms with Crippen LogP contribution < -0.4 is 11.1 Å². The monoisotopic (exact) mass is 275 g/mol. The number of aryl methyl sites for hydroxylation is 1. The second-order valence-electron chi connectivity index (χ2n) is 4.03. The molecule has 0 aliphatic heterocycles. The van der Waals surface area contributed by atoms with Crippen LogP contribution in [-0.2, 0) is 11.8 Å². The number of hydrogen-bond acceptors (Lipinski definition) is 6. The van der Waals surface area contributed by atoms with Gasteiger partial charge in [0.25, 0.3) is 5.91 Å². The summed E-state index contributed by atoms with van der Waals surface area (Å²) >= 11 is 0. The van der Waals surface area contributed by atoms with Crippen molar-refractivity contribution >= 4 is 23.3 Å². The highest BCUT2D eigenvalue weighted by Crippen LogP contribution is 2.21. The average Bonchev–Trinajstić information content (AvgIpc) is 2.87. The van der Waals surface area contributed by atoms with Gasteiger partial charge in [0.15, 0.2) is 5.69 Å². The van der Waals surface area contributed by atoms with Crippen molar-refractivity contribution in [2.45, 2.75) is 0 Å². The molecule has 0 aliphatic carbocycles. The molecule has 1 aromatic carbocycles. The van der Waals surface area contributed by atoms with Gasteiger partial charge < -0.3 is 15.8 Å². The SMILES string of the molecule is COC(=O)c1ccc(N)c(NC(=O)c2cn(C)nn2)c1. The van der Waals surface area contributed by atoms with E-state index < -0.39 is 11.9 Å². The van der Waals surface area contributed by atoms with Crippen LogP contribution in [0.3, 0.4) is 0 Å². The first kappa shape index (κ1) is 13.5. The minimum Gasteiger partial charge on any atom is -0.465 e. The van der Waals surface area contributed by atoms with Crippen LogP contribution in [0, 0.1) is 0 Å². The van der Waals surface area contributed by atoms with E-state index in [1.54, 1.807) is 7.05 Å². The summed E-state index contributed by atoms with van der Waals surface area (Å²) < 4.78 is 6.01. The molecule has 0 saturated carbocycles. The Morgan fingerprint density at radius 3 is 2.75 bits per heavy atom. The number of amides is 1. The van der Waals surface area contributed by atoms with Gasteiger partial charge in [0.05, 0.1) is 30.2 Å². The van der Waals surface area contributed by atoms with E-state index in [2.05, 4.69) is 20.4 Å². The summed E-state index contributed by atoms with van der Waals surface area (Å²) in [6.07, 6.45) is 1.47. The van der Waals surface area contributed by atoms with Crippen LogP contribution >= 0.6 is 0 Å². The number of nitrogens with two attached hydrogens (primary N) is 1. The Bertz CT molecular complexity index is 665. The highest BCUT2D eigenvalue weighted by Gasteiger charge is 2.14. The van der Waals surface area contributed by atoms with E-state index in [0.29, 0.717) is 11.4 Å². The molecule has 0 atom stereocenters. The number of anilines is 2. The van der Waals surface area contributed by atoms with Gasteiger partial charge in [-0.2, -0.15) is 0 Å². The lowest BCUT2D eigenvalue weighted by Gasteiger charge is -2.08. The van der Waals surface area contributed by atoms with Crippen molar-refractivity contribution in [1.82, 2.24) is 15.0 Å². The molecule has 2 rings (SSSR count). The molecule has 8 nitrogen and oxygen atoms in total. The summed E-state index contributed by atoms with van der Waals surface area (Å²) in [6, 6.07) is 4.47. The fraction of sp³-hybridized carbons (Fsp3) is 0.167. The number of hydrogen-bond donors (Lipinski definition) is 2. The van der Waals surface area contributed by atoms with E-state index in [1.165, 1.54) is 36.2 Å². The fourth-order valence-electron chi connectivity index (χ4n) is 1.55. The van der Waals surface area contributed by atoms with E-state index in [1.807, 2.05) is 0 Å². The number of carbonyl (C=O) groups excluding carboxylic acids is 2. The molecule has 0 bridgehead atoms. The van der Waals surface area contributed by atoms with Crippen molar-refractivity contribution in [3.8, 4) is 0 Å². The smallest absolute Gasteiger partial charge is 0.337 e. The molecule has 20 heavy (non-hydrogen) atoms. The van der Waals surface area contributed by atoms with Gasteiger partial charge >= 0.3 is 5.97 Å². The lowest BCUT2D eigenvalue weighted by Crippen LogP contribution is -2.14. The number of benzene rings is 1. The Labute approximate surface area is 114 Å². The maximum absolute atomic E-state index is 11.9. The molecule has 3 N–H and O–H groups in total. The molecule has 0 unspecified atom stereocenters. The minimum absolute atomic E-state index is 0.148. The van der Waals surface area contributed by atoms with Gasteiger partial charge in [0.2, 0.25) is 0 Å². The molecule has 8 heteroatoms. The summed E-state index contributed by atoms with van der Waals surface area (Å²) in [6.45, 7) is 0. The van der Waals surface area contributed by atoms with Crippen molar-refractivity contribution in [2.75, 3.05) is 18.2 Å². The van der Waals surface area contributed by atoms with E-state index in [9.17, 15) is 9.59 Å². The number of esters is 1. The largest absolute Gasteiger partial charge is 0.465 e. The summed E-state index contributed by atoms with van der Waals surface area (Å²) in [5, 5.41) is 9.92. The van der Waals surface area contributed by atoms with Gasteiger partial charge in [0, 0.05) is 7.05 Å². The predicted octanol–water partition coefficient (Wildman–Crippen LogP) is 0.436. The molecular formula is C12H13N5O3. The predicted molar refractivity (Wildman–Crippen MR) is 71.2 cm³/mol. The summed E-state index contributed by atoms with van der Waals surface area (Å²) in [5.41, 5.74) is 6.83.